The summed E-state index contributed by atoms with van der Waals surface area (Å²) in [6, 6.07) is 11.9. The zero-order chi connectivity index (χ0) is 22.2. The van der Waals surface area contributed by atoms with E-state index < -0.39 is 0 Å². The van der Waals surface area contributed by atoms with Crippen molar-refractivity contribution in [2.45, 2.75) is 39.7 Å². The summed E-state index contributed by atoms with van der Waals surface area (Å²) >= 11 is 0. The molecule has 3 heterocycles. The summed E-state index contributed by atoms with van der Waals surface area (Å²) in [6.07, 6.45) is 4.97. The Morgan fingerprint density at radius 1 is 1.00 bits per heavy atom. The number of aromatic nitrogens is 6. The van der Waals surface area contributed by atoms with Crippen molar-refractivity contribution in [1.82, 2.24) is 35.1 Å². The summed E-state index contributed by atoms with van der Waals surface area (Å²) in [5.41, 5.74) is 5.58. The molecular formula is C24H25N7O. The Labute approximate surface area is 186 Å². The van der Waals surface area contributed by atoms with Crippen molar-refractivity contribution in [3.8, 4) is 17.1 Å². The van der Waals surface area contributed by atoms with Gasteiger partial charge in [0.05, 0.1) is 29.7 Å². The van der Waals surface area contributed by atoms with Crippen molar-refractivity contribution in [1.29, 1.82) is 0 Å². The number of aromatic amines is 1. The molecule has 1 amide bonds. The van der Waals surface area contributed by atoms with Crippen LogP contribution in [0.1, 0.15) is 51.8 Å². The van der Waals surface area contributed by atoms with Gasteiger partial charge in [0.1, 0.15) is 5.82 Å². The molecule has 1 atom stereocenters. The van der Waals surface area contributed by atoms with E-state index in [4.69, 9.17) is 4.98 Å². The number of nitrogens with one attached hydrogen (secondary N) is 1. The van der Waals surface area contributed by atoms with Gasteiger partial charge in [0.2, 0.25) is 0 Å². The minimum absolute atomic E-state index is 0.0483. The topological polar surface area (TPSA) is 92.6 Å². The smallest absolute Gasteiger partial charge is 0.256 e. The number of carbonyl (C=O) groups excluding carboxylic acids is 1. The van der Waals surface area contributed by atoms with Crippen LogP contribution in [0, 0.1) is 20.8 Å². The Bertz CT molecular complexity index is 1260. The van der Waals surface area contributed by atoms with Gasteiger partial charge >= 0.3 is 0 Å². The van der Waals surface area contributed by atoms with Gasteiger partial charge in [-0.15, -0.1) is 0 Å². The van der Waals surface area contributed by atoms with Crippen molar-refractivity contribution < 1.29 is 4.79 Å². The van der Waals surface area contributed by atoms with E-state index >= 15 is 0 Å². The average molecular weight is 428 g/mol. The molecule has 5 rings (SSSR count). The fourth-order valence-corrected chi connectivity index (χ4v) is 4.44. The molecule has 162 valence electrons. The predicted molar refractivity (Wildman–Crippen MR) is 120 cm³/mol. The molecule has 1 N–H and O–H groups in total. The van der Waals surface area contributed by atoms with Crippen molar-refractivity contribution in [3.63, 3.8) is 0 Å². The van der Waals surface area contributed by atoms with Crippen molar-refractivity contribution in [2.24, 2.45) is 0 Å². The Balaban J connectivity index is 1.47. The number of benzene rings is 2. The predicted octanol–water partition coefficient (Wildman–Crippen LogP) is 3.95. The van der Waals surface area contributed by atoms with Crippen LogP contribution >= 0.6 is 0 Å². The second-order valence-corrected chi connectivity index (χ2v) is 8.42. The zero-order valence-corrected chi connectivity index (χ0v) is 18.4. The van der Waals surface area contributed by atoms with Crippen LogP contribution in [0.2, 0.25) is 0 Å². The molecule has 1 aliphatic rings. The van der Waals surface area contributed by atoms with Crippen LogP contribution in [0.4, 0.5) is 0 Å². The third-order valence-electron chi connectivity index (χ3n) is 5.83. The van der Waals surface area contributed by atoms with Crippen molar-refractivity contribution in [3.05, 3.63) is 76.9 Å². The van der Waals surface area contributed by atoms with Crippen molar-refractivity contribution >= 4 is 5.91 Å². The summed E-state index contributed by atoms with van der Waals surface area (Å²) < 4.78 is 0. The molecule has 0 spiro atoms. The molecule has 8 heteroatoms. The van der Waals surface area contributed by atoms with Gasteiger partial charge in [0, 0.05) is 12.1 Å². The van der Waals surface area contributed by atoms with Crippen LogP contribution in [-0.4, -0.2) is 47.5 Å². The normalized spacial score (nSPS) is 16.0. The lowest BCUT2D eigenvalue weighted by atomic mass is 10.1. The SMILES string of the molecule is Cc1cc(C)cc(-c2n[nH]c(C3CCCN3C(=O)c3cc(C)ccc3-n3nccn3)n2)c1. The average Bonchev–Trinajstić information content (AvgIpc) is 3.53. The minimum atomic E-state index is -0.145. The van der Waals surface area contributed by atoms with E-state index in [1.54, 1.807) is 12.4 Å². The molecule has 1 unspecified atom stereocenters. The molecule has 2 aromatic heterocycles. The van der Waals surface area contributed by atoms with Crippen LogP contribution in [0.3, 0.4) is 0 Å². The van der Waals surface area contributed by atoms with Gasteiger partial charge < -0.3 is 4.90 Å². The van der Waals surface area contributed by atoms with E-state index in [-0.39, 0.29) is 11.9 Å². The maximum absolute atomic E-state index is 13.7. The van der Waals surface area contributed by atoms with Gasteiger partial charge in [-0.05, 0) is 57.9 Å². The second kappa shape index (κ2) is 8.03. The molecule has 8 nitrogen and oxygen atoms in total. The summed E-state index contributed by atoms with van der Waals surface area (Å²) in [6.45, 7) is 6.78. The zero-order valence-electron chi connectivity index (χ0n) is 18.4. The highest BCUT2D eigenvalue weighted by Crippen LogP contribution is 2.33. The number of amides is 1. The summed E-state index contributed by atoms with van der Waals surface area (Å²) in [7, 11) is 0. The first-order valence-electron chi connectivity index (χ1n) is 10.8. The van der Waals surface area contributed by atoms with Crippen LogP contribution in [-0.2, 0) is 0 Å². The fraction of sp³-hybridized carbons (Fsp3) is 0.292. The number of hydrogen-bond acceptors (Lipinski definition) is 5. The Hall–Kier alpha value is -3.81. The first kappa shape index (κ1) is 20.1. The Morgan fingerprint density at radius 2 is 1.75 bits per heavy atom. The number of likely N-dealkylation sites (tertiary alicyclic amines) is 1. The summed E-state index contributed by atoms with van der Waals surface area (Å²) in [5, 5.41) is 16.0. The first-order chi connectivity index (χ1) is 15.5. The van der Waals surface area contributed by atoms with Gasteiger partial charge in [0.25, 0.3) is 5.91 Å². The van der Waals surface area contributed by atoms with E-state index in [9.17, 15) is 4.79 Å². The number of aryl methyl sites for hydroxylation is 3. The molecule has 2 aromatic carbocycles. The highest BCUT2D eigenvalue weighted by molar-refractivity contribution is 5.98. The largest absolute Gasteiger partial charge is 0.328 e. The fourth-order valence-electron chi connectivity index (χ4n) is 4.44. The van der Waals surface area contributed by atoms with Crippen LogP contribution < -0.4 is 0 Å². The molecule has 0 bridgehead atoms. The molecule has 1 fully saturated rings. The van der Waals surface area contributed by atoms with Gasteiger partial charge in [-0.1, -0.05) is 28.8 Å². The van der Waals surface area contributed by atoms with E-state index in [2.05, 4.69) is 52.4 Å². The Morgan fingerprint density at radius 3 is 2.50 bits per heavy atom. The summed E-state index contributed by atoms with van der Waals surface area (Å²) in [5.74, 6) is 1.33. The van der Waals surface area contributed by atoms with E-state index in [1.165, 1.54) is 15.9 Å². The first-order valence-corrected chi connectivity index (χ1v) is 10.8. The van der Waals surface area contributed by atoms with Gasteiger partial charge in [-0.2, -0.15) is 20.1 Å². The van der Waals surface area contributed by atoms with Crippen LogP contribution in [0.5, 0.6) is 0 Å². The number of hydrogen-bond donors (Lipinski definition) is 1. The van der Waals surface area contributed by atoms with E-state index in [0.29, 0.717) is 23.6 Å². The molecule has 1 aliphatic heterocycles. The highest BCUT2D eigenvalue weighted by atomic mass is 16.2. The third-order valence-corrected chi connectivity index (χ3v) is 5.83. The van der Waals surface area contributed by atoms with Gasteiger partial charge in [-0.25, -0.2) is 4.98 Å². The van der Waals surface area contributed by atoms with Gasteiger partial charge in [-0.3, -0.25) is 9.89 Å². The lowest BCUT2D eigenvalue weighted by molar-refractivity contribution is 0.0729. The van der Waals surface area contributed by atoms with Crippen molar-refractivity contribution in [2.75, 3.05) is 6.54 Å². The lowest BCUT2D eigenvalue weighted by Gasteiger charge is -2.24. The highest BCUT2D eigenvalue weighted by Gasteiger charge is 2.34. The van der Waals surface area contributed by atoms with Crippen LogP contribution in [0.15, 0.2) is 48.8 Å². The molecular weight excluding hydrogens is 402 g/mol. The summed E-state index contributed by atoms with van der Waals surface area (Å²) in [4.78, 5) is 21.8. The van der Waals surface area contributed by atoms with Crippen LogP contribution in [0.25, 0.3) is 17.1 Å². The van der Waals surface area contributed by atoms with E-state index in [1.807, 2.05) is 30.0 Å². The molecule has 0 aliphatic carbocycles. The number of carbonyl (C=O) groups is 1. The lowest BCUT2D eigenvalue weighted by Crippen LogP contribution is -2.32. The number of H-pyrrole nitrogens is 1. The number of rotatable bonds is 4. The molecule has 1 saturated heterocycles. The third kappa shape index (κ3) is 3.68. The maximum Gasteiger partial charge on any atom is 0.256 e. The monoisotopic (exact) mass is 427 g/mol. The second-order valence-electron chi connectivity index (χ2n) is 8.42. The maximum atomic E-state index is 13.7. The molecule has 4 aromatic rings. The van der Waals surface area contributed by atoms with Gasteiger partial charge in [0.15, 0.2) is 5.82 Å². The molecule has 0 radical (unpaired) electrons. The molecule has 32 heavy (non-hydrogen) atoms. The van der Waals surface area contributed by atoms with E-state index in [0.717, 1.165) is 29.8 Å². The number of nitrogens with zero attached hydrogens (tertiary/aromatic N) is 6. The molecule has 0 saturated carbocycles. The minimum Gasteiger partial charge on any atom is -0.328 e. The standard InChI is InChI=1S/C24H25N7O/c1-15-6-7-20(31-25-8-9-26-31)19(14-15)24(32)30-10-4-5-21(30)23-27-22(28-29-23)18-12-16(2)11-17(3)13-18/h6-9,11-14,21H,4-5,10H2,1-3H3,(H,27,28,29). The Kier molecular flexibility index (Phi) is 5.05. The quantitative estimate of drug-likeness (QED) is 0.532.